The van der Waals surface area contributed by atoms with E-state index in [2.05, 4.69) is 10.3 Å². The lowest BCUT2D eigenvalue weighted by atomic mass is 9.94. The highest BCUT2D eigenvalue weighted by Gasteiger charge is 2.26. The molecule has 0 spiro atoms. The second kappa shape index (κ2) is 7.24. The van der Waals surface area contributed by atoms with E-state index in [4.69, 9.17) is 5.73 Å². The third-order valence-electron chi connectivity index (χ3n) is 3.84. The molecule has 4 heteroatoms. The van der Waals surface area contributed by atoms with E-state index < -0.39 is 0 Å². The summed E-state index contributed by atoms with van der Waals surface area (Å²) >= 11 is 0. The standard InChI is InChI=1S/C15H23N3O/c16-14-7-3-1-2-6-13(14)15(19)18-10-8-12-5-4-9-17-11-12/h4-5,9,11,13-14H,1-3,6-8,10,16H2,(H,18,19). The van der Waals surface area contributed by atoms with Gasteiger partial charge in [0.25, 0.3) is 0 Å². The molecule has 1 fully saturated rings. The smallest absolute Gasteiger partial charge is 0.224 e. The van der Waals surface area contributed by atoms with Gasteiger partial charge in [-0.15, -0.1) is 0 Å². The minimum atomic E-state index is -0.00333. The number of nitrogens with one attached hydrogen (secondary N) is 1. The maximum atomic E-state index is 12.1. The molecule has 0 aromatic carbocycles. The highest BCUT2D eigenvalue weighted by molar-refractivity contribution is 5.79. The van der Waals surface area contributed by atoms with Crippen molar-refractivity contribution in [2.75, 3.05) is 6.54 Å². The molecule has 104 valence electrons. The van der Waals surface area contributed by atoms with Gasteiger partial charge in [0.05, 0.1) is 5.92 Å². The maximum Gasteiger partial charge on any atom is 0.224 e. The first-order valence-corrected chi connectivity index (χ1v) is 7.19. The number of aromatic nitrogens is 1. The molecule has 1 aliphatic rings. The Hall–Kier alpha value is -1.42. The molecular formula is C15H23N3O. The van der Waals surface area contributed by atoms with Gasteiger partial charge >= 0.3 is 0 Å². The van der Waals surface area contributed by atoms with Crippen molar-refractivity contribution in [2.24, 2.45) is 11.7 Å². The van der Waals surface area contributed by atoms with E-state index in [1.54, 1.807) is 6.20 Å². The summed E-state index contributed by atoms with van der Waals surface area (Å²) in [6.07, 6.45) is 9.79. The molecule has 1 aromatic rings. The lowest BCUT2D eigenvalue weighted by Crippen LogP contribution is -2.41. The highest BCUT2D eigenvalue weighted by Crippen LogP contribution is 2.22. The fourth-order valence-electron chi connectivity index (χ4n) is 2.67. The lowest BCUT2D eigenvalue weighted by Gasteiger charge is -2.20. The molecule has 1 amide bonds. The molecule has 3 N–H and O–H groups in total. The minimum Gasteiger partial charge on any atom is -0.355 e. The predicted molar refractivity (Wildman–Crippen MR) is 75.5 cm³/mol. The summed E-state index contributed by atoms with van der Waals surface area (Å²) in [7, 11) is 0. The molecule has 0 radical (unpaired) electrons. The monoisotopic (exact) mass is 261 g/mol. The SMILES string of the molecule is NC1CCCCCC1C(=O)NCCc1cccnc1. The van der Waals surface area contributed by atoms with Crippen molar-refractivity contribution in [3.63, 3.8) is 0 Å². The first-order valence-electron chi connectivity index (χ1n) is 7.19. The fourth-order valence-corrected chi connectivity index (χ4v) is 2.67. The van der Waals surface area contributed by atoms with Crippen LogP contribution in [0.15, 0.2) is 24.5 Å². The van der Waals surface area contributed by atoms with Crippen LogP contribution in [0.2, 0.25) is 0 Å². The first kappa shape index (κ1) is 14.0. The van der Waals surface area contributed by atoms with Gasteiger partial charge in [-0.05, 0) is 30.9 Å². The van der Waals surface area contributed by atoms with Gasteiger partial charge in [0, 0.05) is 25.0 Å². The maximum absolute atomic E-state index is 12.1. The van der Waals surface area contributed by atoms with Gasteiger partial charge in [-0.2, -0.15) is 0 Å². The molecule has 0 aliphatic heterocycles. The summed E-state index contributed by atoms with van der Waals surface area (Å²) in [6, 6.07) is 3.97. The zero-order valence-electron chi connectivity index (χ0n) is 11.3. The highest BCUT2D eigenvalue weighted by atomic mass is 16.1. The van der Waals surface area contributed by atoms with Crippen LogP contribution in [0, 0.1) is 5.92 Å². The van der Waals surface area contributed by atoms with Crippen molar-refractivity contribution in [1.82, 2.24) is 10.3 Å². The van der Waals surface area contributed by atoms with E-state index in [0.717, 1.165) is 37.7 Å². The molecule has 1 aliphatic carbocycles. The van der Waals surface area contributed by atoms with Gasteiger partial charge < -0.3 is 11.1 Å². The van der Waals surface area contributed by atoms with Crippen LogP contribution in [-0.2, 0) is 11.2 Å². The molecule has 2 atom stereocenters. The van der Waals surface area contributed by atoms with Crippen molar-refractivity contribution in [3.05, 3.63) is 30.1 Å². The number of pyridine rings is 1. The van der Waals surface area contributed by atoms with Gasteiger partial charge in [-0.25, -0.2) is 0 Å². The molecule has 2 rings (SSSR count). The summed E-state index contributed by atoms with van der Waals surface area (Å²) in [6.45, 7) is 0.660. The topological polar surface area (TPSA) is 68.0 Å². The largest absolute Gasteiger partial charge is 0.355 e. The molecule has 19 heavy (non-hydrogen) atoms. The van der Waals surface area contributed by atoms with E-state index in [9.17, 15) is 4.79 Å². The van der Waals surface area contributed by atoms with Crippen LogP contribution in [0.3, 0.4) is 0 Å². The Morgan fingerprint density at radius 1 is 1.37 bits per heavy atom. The fraction of sp³-hybridized carbons (Fsp3) is 0.600. The summed E-state index contributed by atoms with van der Waals surface area (Å²) < 4.78 is 0. The van der Waals surface area contributed by atoms with Crippen LogP contribution in [0.1, 0.15) is 37.7 Å². The van der Waals surface area contributed by atoms with Crippen LogP contribution in [-0.4, -0.2) is 23.5 Å². The van der Waals surface area contributed by atoms with Crippen molar-refractivity contribution in [2.45, 2.75) is 44.6 Å². The Balaban J connectivity index is 1.77. The number of hydrogen-bond donors (Lipinski definition) is 2. The molecule has 1 saturated carbocycles. The van der Waals surface area contributed by atoms with Crippen molar-refractivity contribution < 1.29 is 4.79 Å². The summed E-state index contributed by atoms with van der Waals surface area (Å²) in [5.41, 5.74) is 7.24. The van der Waals surface area contributed by atoms with Crippen LogP contribution in [0.5, 0.6) is 0 Å². The van der Waals surface area contributed by atoms with Crippen molar-refractivity contribution in [1.29, 1.82) is 0 Å². The van der Waals surface area contributed by atoms with E-state index in [1.165, 1.54) is 6.42 Å². The predicted octanol–water partition coefficient (Wildman–Crippen LogP) is 1.65. The van der Waals surface area contributed by atoms with Gasteiger partial charge in [-0.3, -0.25) is 9.78 Å². The van der Waals surface area contributed by atoms with Gasteiger partial charge in [-0.1, -0.05) is 25.3 Å². The average molecular weight is 261 g/mol. The number of nitrogens with zero attached hydrogens (tertiary/aromatic N) is 1. The number of carbonyl (C=O) groups is 1. The zero-order chi connectivity index (χ0) is 13.5. The van der Waals surface area contributed by atoms with Crippen molar-refractivity contribution >= 4 is 5.91 Å². The number of rotatable bonds is 4. The molecule has 1 heterocycles. The number of carbonyl (C=O) groups excluding carboxylic acids is 1. The Kier molecular flexibility index (Phi) is 5.33. The van der Waals surface area contributed by atoms with Crippen molar-refractivity contribution in [3.8, 4) is 0 Å². The molecule has 1 aromatic heterocycles. The van der Waals surface area contributed by atoms with E-state index in [0.29, 0.717) is 6.54 Å². The summed E-state index contributed by atoms with van der Waals surface area (Å²) in [5.74, 6) is 0.120. The van der Waals surface area contributed by atoms with Gasteiger partial charge in [0.15, 0.2) is 0 Å². The lowest BCUT2D eigenvalue weighted by molar-refractivity contribution is -0.125. The summed E-state index contributed by atoms with van der Waals surface area (Å²) in [4.78, 5) is 16.2. The third-order valence-corrected chi connectivity index (χ3v) is 3.84. The molecular weight excluding hydrogens is 238 g/mol. The van der Waals surface area contributed by atoms with Gasteiger partial charge in [0.2, 0.25) is 5.91 Å². The second-order valence-corrected chi connectivity index (χ2v) is 5.31. The van der Waals surface area contributed by atoms with Crippen LogP contribution >= 0.6 is 0 Å². The van der Waals surface area contributed by atoms with E-state index in [-0.39, 0.29) is 17.9 Å². The normalized spacial score (nSPS) is 23.6. The van der Waals surface area contributed by atoms with E-state index in [1.807, 2.05) is 18.3 Å². The zero-order valence-corrected chi connectivity index (χ0v) is 11.3. The third kappa shape index (κ3) is 4.31. The Labute approximate surface area is 114 Å². The quantitative estimate of drug-likeness (QED) is 0.810. The minimum absolute atomic E-state index is 0.00333. The Morgan fingerprint density at radius 2 is 2.21 bits per heavy atom. The number of hydrogen-bond acceptors (Lipinski definition) is 3. The molecule has 2 unspecified atom stereocenters. The van der Waals surface area contributed by atoms with Crippen LogP contribution in [0.4, 0.5) is 0 Å². The molecule has 0 bridgehead atoms. The summed E-state index contributed by atoms with van der Waals surface area (Å²) in [5, 5.41) is 3.01. The van der Waals surface area contributed by atoms with Crippen LogP contribution in [0.25, 0.3) is 0 Å². The first-order chi connectivity index (χ1) is 9.27. The molecule has 0 saturated heterocycles. The number of nitrogens with two attached hydrogens (primary N) is 1. The van der Waals surface area contributed by atoms with E-state index >= 15 is 0 Å². The van der Waals surface area contributed by atoms with Crippen LogP contribution < -0.4 is 11.1 Å². The Morgan fingerprint density at radius 3 is 3.00 bits per heavy atom. The Bertz CT molecular complexity index is 394. The second-order valence-electron chi connectivity index (χ2n) is 5.31. The molecule has 4 nitrogen and oxygen atoms in total. The average Bonchev–Trinajstić information content (AvgIpc) is 2.64. The number of amides is 1. The van der Waals surface area contributed by atoms with Gasteiger partial charge in [0.1, 0.15) is 0 Å².